The summed E-state index contributed by atoms with van der Waals surface area (Å²) >= 11 is 5.73. The molecule has 0 unspecified atom stereocenters. The van der Waals surface area contributed by atoms with Crippen LogP contribution in [0.25, 0.3) is 0 Å². The third kappa shape index (κ3) is 3.09. The van der Waals surface area contributed by atoms with Gasteiger partial charge >= 0.3 is 0 Å². The molecule has 3 rings (SSSR count). The quantitative estimate of drug-likeness (QED) is 0.903. The van der Waals surface area contributed by atoms with Crippen molar-refractivity contribution in [3.05, 3.63) is 40.6 Å². The molecule has 0 atom stereocenters. The summed E-state index contributed by atoms with van der Waals surface area (Å²) in [7, 11) is -2.61. The summed E-state index contributed by atoms with van der Waals surface area (Å²) < 4.78 is 27.8. The molecule has 122 valence electrons. The number of carbonyl (C=O) groups is 1. The maximum atomic E-state index is 12.3. The molecule has 0 spiro atoms. The normalized spacial score (nSPS) is 14.7. The molecule has 1 amide bonds. The topological polar surface area (TPSA) is 93.9 Å². The molecule has 7 nitrogen and oxygen atoms in total. The van der Waals surface area contributed by atoms with Gasteiger partial charge in [0.1, 0.15) is 0 Å². The van der Waals surface area contributed by atoms with E-state index in [1.165, 1.54) is 11.6 Å². The van der Waals surface area contributed by atoms with Gasteiger partial charge in [0, 0.05) is 18.7 Å². The van der Waals surface area contributed by atoms with E-state index in [1.54, 1.807) is 19.1 Å². The molecule has 1 N–H and O–H groups in total. The van der Waals surface area contributed by atoms with Crippen LogP contribution in [0.3, 0.4) is 0 Å². The lowest BCUT2D eigenvalue weighted by molar-refractivity contribution is 0.0980. The summed E-state index contributed by atoms with van der Waals surface area (Å²) in [5.74, 6) is -0.263. The van der Waals surface area contributed by atoms with E-state index in [0.29, 0.717) is 11.6 Å². The van der Waals surface area contributed by atoms with Crippen LogP contribution in [-0.2, 0) is 17.1 Å². The van der Waals surface area contributed by atoms with Crippen LogP contribution in [0.2, 0.25) is 5.28 Å². The molecule has 1 aliphatic carbocycles. The van der Waals surface area contributed by atoms with Gasteiger partial charge in [-0.1, -0.05) is 0 Å². The minimum atomic E-state index is -4.06. The number of amides is 1. The van der Waals surface area contributed by atoms with Gasteiger partial charge in [0.2, 0.25) is 5.28 Å². The second-order valence-corrected chi connectivity index (χ2v) is 7.47. The lowest BCUT2D eigenvalue weighted by Crippen LogP contribution is -2.32. The van der Waals surface area contributed by atoms with Gasteiger partial charge in [0.25, 0.3) is 15.9 Å². The van der Waals surface area contributed by atoms with E-state index < -0.39 is 15.9 Å². The number of sulfonamides is 1. The summed E-state index contributed by atoms with van der Waals surface area (Å²) in [5, 5.41) is -0.166. The first-order valence-electron chi connectivity index (χ1n) is 7.01. The largest absolute Gasteiger partial charge is 0.307 e. The molecule has 9 heteroatoms. The van der Waals surface area contributed by atoms with E-state index in [9.17, 15) is 13.2 Å². The Morgan fingerprint density at radius 2 is 2.09 bits per heavy atom. The number of aryl methyl sites for hydroxylation is 1. The van der Waals surface area contributed by atoms with Crippen molar-refractivity contribution in [1.29, 1.82) is 0 Å². The van der Waals surface area contributed by atoms with E-state index >= 15 is 0 Å². The lowest BCUT2D eigenvalue weighted by Gasteiger charge is -2.09. The fourth-order valence-electron chi connectivity index (χ4n) is 2.28. The minimum Gasteiger partial charge on any atom is -0.307 e. The number of hydrogen-bond donors (Lipinski definition) is 1. The predicted molar refractivity (Wildman–Crippen MR) is 83.8 cm³/mol. The van der Waals surface area contributed by atoms with E-state index in [-0.39, 0.29) is 15.9 Å². The molecule has 0 saturated heterocycles. The van der Waals surface area contributed by atoms with Gasteiger partial charge in [-0.2, -0.15) is 8.42 Å². The lowest BCUT2D eigenvalue weighted by atomic mass is 10.1. The van der Waals surface area contributed by atoms with E-state index in [2.05, 4.69) is 9.97 Å². The maximum absolute atomic E-state index is 12.3. The summed E-state index contributed by atoms with van der Waals surface area (Å²) in [6, 6.07) is 3.38. The highest BCUT2D eigenvalue weighted by molar-refractivity contribution is 7.90. The Kier molecular flexibility index (Phi) is 3.89. The first kappa shape index (κ1) is 15.9. The van der Waals surface area contributed by atoms with Crippen molar-refractivity contribution in [3.8, 4) is 0 Å². The molecule has 0 aromatic carbocycles. The van der Waals surface area contributed by atoms with Gasteiger partial charge < -0.3 is 4.57 Å². The highest BCUT2D eigenvalue weighted by atomic mass is 35.5. The van der Waals surface area contributed by atoms with Gasteiger partial charge in [-0.05, 0) is 43.5 Å². The molecule has 0 bridgehead atoms. The van der Waals surface area contributed by atoms with Gasteiger partial charge in [-0.25, -0.2) is 9.71 Å². The van der Waals surface area contributed by atoms with Crippen LogP contribution in [-0.4, -0.2) is 28.9 Å². The number of carbonyl (C=O) groups excluding carboxylic acids is 1. The van der Waals surface area contributed by atoms with Crippen LogP contribution in [0, 0.1) is 6.92 Å². The molecule has 1 saturated carbocycles. The summed E-state index contributed by atoms with van der Waals surface area (Å²) in [6.45, 7) is 1.69. The molecule has 1 aliphatic rings. The summed E-state index contributed by atoms with van der Waals surface area (Å²) in [5.41, 5.74) is 1.68. The number of imidazole rings is 1. The SMILES string of the molecule is Cc1nc(C2CC2)ccc1C(=O)NS(=O)(=O)c1cnc(Cl)n1C. The predicted octanol–water partition coefficient (Wildman–Crippen LogP) is 1.77. The first-order valence-corrected chi connectivity index (χ1v) is 8.87. The van der Waals surface area contributed by atoms with Crippen molar-refractivity contribution in [1.82, 2.24) is 19.3 Å². The fourth-order valence-corrected chi connectivity index (χ4v) is 3.57. The van der Waals surface area contributed by atoms with Gasteiger partial charge in [0.05, 0.1) is 17.5 Å². The van der Waals surface area contributed by atoms with Crippen molar-refractivity contribution in [2.24, 2.45) is 7.05 Å². The van der Waals surface area contributed by atoms with Crippen molar-refractivity contribution in [2.75, 3.05) is 0 Å². The average Bonchev–Trinajstić information content (AvgIpc) is 3.25. The molecule has 23 heavy (non-hydrogen) atoms. The highest BCUT2D eigenvalue weighted by Crippen LogP contribution is 2.39. The van der Waals surface area contributed by atoms with Gasteiger partial charge in [0.15, 0.2) is 5.03 Å². The van der Waals surface area contributed by atoms with Crippen LogP contribution in [0.1, 0.15) is 40.5 Å². The summed E-state index contributed by atoms with van der Waals surface area (Å²) in [4.78, 5) is 20.4. The molecular weight excluding hydrogens is 340 g/mol. The monoisotopic (exact) mass is 354 g/mol. The van der Waals surface area contributed by atoms with Crippen molar-refractivity contribution >= 4 is 27.5 Å². The van der Waals surface area contributed by atoms with E-state index in [0.717, 1.165) is 24.7 Å². The zero-order valence-corrected chi connectivity index (χ0v) is 14.1. The minimum absolute atomic E-state index is 0.0180. The summed E-state index contributed by atoms with van der Waals surface area (Å²) in [6.07, 6.45) is 3.31. The average molecular weight is 355 g/mol. The van der Waals surface area contributed by atoms with Crippen molar-refractivity contribution in [3.63, 3.8) is 0 Å². The van der Waals surface area contributed by atoms with Crippen LogP contribution in [0.5, 0.6) is 0 Å². The maximum Gasteiger partial charge on any atom is 0.281 e. The standard InChI is InChI=1S/C14H15ClN4O3S/c1-8-10(5-6-11(17-8)9-3-4-9)13(20)18-23(21,22)12-7-16-14(15)19(12)2/h5-7,9H,3-4H2,1-2H3,(H,18,20). The van der Waals surface area contributed by atoms with Crippen LogP contribution in [0.4, 0.5) is 0 Å². The highest BCUT2D eigenvalue weighted by Gasteiger charge is 2.27. The number of halogens is 1. The number of pyridine rings is 1. The van der Waals surface area contributed by atoms with Crippen LogP contribution >= 0.6 is 11.6 Å². The molecule has 2 aromatic rings. The van der Waals surface area contributed by atoms with Crippen LogP contribution < -0.4 is 4.72 Å². The third-order valence-corrected chi connectivity index (χ3v) is 5.47. The number of rotatable bonds is 4. The number of nitrogens with zero attached hydrogens (tertiary/aromatic N) is 3. The van der Waals surface area contributed by atoms with Crippen molar-refractivity contribution < 1.29 is 13.2 Å². The second-order valence-electron chi connectivity index (χ2n) is 5.50. The zero-order chi connectivity index (χ0) is 16.8. The Labute approximate surface area is 138 Å². The smallest absolute Gasteiger partial charge is 0.281 e. The molecule has 0 aliphatic heterocycles. The number of nitrogens with one attached hydrogen (secondary N) is 1. The van der Waals surface area contributed by atoms with Crippen LogP contribution in [0.15, 0.2) is 23.4 Å². The Morgan fingerprint density at radius 3 is 2.61 bits per heavy atom. The molecule has 1 fully saturated rings. The van der Waals surface area contributed by atoms with E-state index in [1.807, 2.05) is 4.72 Å². The zero-order valence-electron chi connectivity index (χ0n) is 12.6. The molecule has 2 aromatic heterocycles. The van der Waals surface area contributed by atoms with Gasteiger partial charge in [-0.15, -0.1) is 0 Å². The van der Waals surface area contributed by atoms with Crippen molar-refractivity contribution in [2.45, 2.75) is 30.7 Å². The third-order valence-electron chi connectivity index (χ3n) is 3.74. The van der Waals surface area contributed by atoms with Gasteiger partial charge in [-0.3, -0.25) is 9.78 Å². The number of aromatic nitrogens is 3. The molecule has 0 radical (unpaired) electrons. The fraction of sp³-hybridized carbons (Fsp3) is 0.357. The Morgan fingerprint density at radius 1 is 1.39 bits per heavy atom. The molecular formula is C14H15ClN4O3S. The Balaban J connectivity index is 1.85. The Hall–Kier alpha value is -1.93. The number of hydrogen-bond acceptors (Lipinski definition) is 5. The first-order chi connectivity index (χ1) is 10.8. The Bertz CT molecular complexity index is 887. The van der Waals surface area contributed by atoms with E-state index in [4.69, 9.17) is 11.6 Å². The second kappa shape index (κ2) is 5.61. The molecule has 2 heterocycles.